The second kappa shape index (κ2) is 7.93. The Labute approximate surface area is 137 Å². The van der Waals surface area contributed by atoms with Crippen LogP contribution in [0.5, 0.6) is 0 Å². The minimum atomic E-state index is -0.0873. The molecule has 3 nitrogen and oxygen atoms in total. The minimum Gasteiger partial charge on any atom is -0.373 e. The number of carbonyl (C=O) groups is 1. The zero-order valence-corrected chi connectivity index (χ0v) is 13.3. The lowest BCUT2D eigenvalue weighted by Crippen LogP contribution is -2.17. The van der Waals surface area contributed by atoms with E-state index in [2.05, 4.69) is 5.32 Å². The fourth-order valence-electron chi connectivity index (χ4n) is 2.99. The van der Waals surface area contributed by atoms with E-state index < -0.39 is 0 Å². The highest BCUT2D eigenvalue weighted by atomic mass is 16.5. The van der Waals surface area contributed by atoms with Gasteiger partial charge < -0.3 is 10.1 Å². The van der Waals surface area contributed by atoms with Crippen molar-refractivity contribution in [2.24, 2.45) is 0 Å². The first kappa shape index (κ1) is 15.8. The topological polar surface area (TPSA) is 38.3 Å². The first-order valence-corrected chi connectivity index (χ1v) is 8.39. The maximum atomic E-state index is 12.3. The van der Waals surface area contributed by atoms with Crippen molar-refractivity contribution in [1.29, 1.82) is 0 Å². The van der Waals surface area contributed by atoms with Crippen LogP contribution in [0.15, 0.2) is 54.6 Å². The number of hydrogen-bond acceptors (Lipinski definition) is 2. The van der Waals surface area contributed by atoms with Crippen molar-refractivity contribution in [2.75, 3.05) is 5.32 Å². The van der Waals surface area contributed by atoms with E-state index in [1.165, 1.54) is 19.3 Å². The van der Waals surface area contributed by atoms with Gasteiger partial charge in [-0.05, 0) is 31.0 Å². The molecule has 1 amide bonds. The lowest BCUT2D eigenvalue weighted by atomic mass is 9.98. The summed E-state index contributed by atoms with van der Waals surface area (Å²) in [6.07, 6.45) is 6.51. The number of anilines is 1. The van der Waals surface area contributed by atoms with Gasteiger partial charge in [0.05, 0.1) is 12.7 Å². The van der Waals surface area contributed by atoms with Crippen LogP contribution in [-0.4, -0.2) is 12.0 Å². The fraction of sp³-hybridized carbons (Fsp3) is 0.350. The molecule has 1 saturated carbocycles. The number of benzene rings is 2. The van der Waals surface area contributed by atoms with E-state index in [-0.39, 0.29) is 5.91 Å². The molecule has 1 N–H and O–H groups in total. The van der Waals surface area contributed by atoms with Gasteiger partial charge in [-0.1, -0.05) is 55.7 Å². The highest BCUT2D eigenvalue weighted by molar-refractivity contribution is 6.04. The highest BCUT2D eigenvalue weighted by Gasteiger charge is 2.15. The summed E-state index contributed by atoms with van der Waals surface area (Å²) in [6.45, 7) is 0.551. The Morgan fingerprint density at radius 2 is 1.65 bits per heavy atom. The van der Waals surface area contributed by atoms with Gasteiger partial charge in [-0.25, -0.2) is 0 Å². The summed E-state index contributed by atoms with van der Waals surface area (Å²) in [5.74, 6) is -0.0873. The molecule has 0 unspecified atom stereocenters. The zero-order chi connectivity index (χ0) is 15.9. The van der Waals surface area contributed by atoms with Gasteiger partial charge in [-0.3, -0.25) is 4.79 Å². The van der Waals surface area contributed by atoms with Crippen LogP contribution in [0.25, 0.3) is 0 Å². The maximum absolute atomic E-state index is 12.3. The molecule has 2 aromatic carbocycles. The summed E-state index contributed by atoms with van der Waals surface area (Å²) in [6, 6.07) is 17.1. The first-order chi connectivity index (χ1) is 11.3. The molecule has 1 aliphatic carbocycles. The summed E-state index contributed by atoms with van der Waals surface area (Å²) in [7, 11) is 0. The molecule has 0 aliphatic heterocycles. The highest BCUT2D eigenvalue weighted by Crippen LogP contribution is 2.23. The number of rotatable bonds is 5. The van der Waals surface area contributed by atoms with Crippen molar-refractivity contribution in [2.45, 2.75) is 44.8 Å². The van der Waals surface area contributed by atoms with E-state index in [1.807, 2.05) is 54.6 Å². The second-order valence-corrected chi connectivity index (χ2v) is 6.05. The molecular formula is C20H23NO2. The minimum absolute atomic E-state index is 0.0873. The predicted octanol–water partition coefficient (Wildman–Crippen LogP) is 4.79. The quantitative estimate of drug-likeness (QED) is 0.862. The Balaban J connectivity index is 1.64. The van der Waals surface area contributed by atoms with Gasteiger partial charge in [0.15, 0.2) is 0 Å². The van der Waals surface area contributed by atoms with Crippen molar-refractivity contribution < 1.29 is 9.53 Å². The molecule has 0 atom stereocenters. The number of para-hydroxylation sites is 1. The molecule has 0 radical (unpaired) electrons. The van der Waals surface area contributed by atoms with Gasteiger partial charge >= 0.3 is 0 Å². The molecule has 3 rings (SSSR count). The summed E-state index contributed by atoms with van der Waals surface area (Å²) in [5, 5.41) is 3.00. The van der Waals surface area contributed by atoms with Gasteiger partial charge in [-0.2, -0.15) is 0 Å². The summed E-state index contributed by atoms with van der Waals surface area (Å²) in [5.41, 5.74) is 2.52. The van der Waals surface area contributed by atoms with Crippen molar-refractivity contribution in [3.05, 3.63) is 65.7 Å². The summed E-state index contributed by atoms with van der Waals surface area (Å²) >= 11 is 0. The van der Waals surface area contributed by atoms with Crippen LogP contribution < -0.4 is 5.32 Å². The van der Waals surface area contributed by atoms with Crippen LogP contribution in [0.4, 0.5) is 5.69 Å². The lowest BCUT2D eigenvalue weighted by molar-refractivity contribution is 0.0171. The Kier molecular flexibility index (Phi) is 5.43. The molecule has 1 fully saturated rings. The smallest absolute Gasteiger partial charge is 0.255 e. The number of ether oxygens (including phenoxy) is 1. The predicted molar refractivity (Wildman–Crippen MR) is 92.5 cm³/mol. The van der Waals surface area contributed by atoms with Crippen molar-refractivity contribution in [3.63, 3.8) is 0 Å². The molecule has 1 aliphatic rings. The van der Waals surface area contributed by atoms with Crippen LogP contribution in [0.2, 0.25) is 0 Å². The Bertz CT molecular complexity index is 633. The zero-order valence-electron chi connectivity index (χ0n) is 13.3. The van der Waals surface area contributed by atoms with E-state index in [0.29, 0.717) is 18.3 Å². The summed E-state index contributed by atoms with van der Waals surface area (Å²) < 4.78 is 6.05. The van der Waals surface area contributed by atoms with E-state index in [0.717, 1.165) is 24.1 Å². The maximum Gasteiger partial charge on any atom is 0.255 e. The van der Waals surface area contributed by atoms with Crippen LogP contribution in [0, 0.1) is 0 Å². The Morgan fingerprint density at radius 3 is 2.43 bits per heavy atom. The molecule has 0 saturated heterocycles. The molecule has 3 heteroatoms. The third-order valence-corrected chi connectivity index (χ3v) is 4.33. The molecule has 23 heavy (non-hydrogen) atoms. The van der Waals surface area contributed by atoms with Gasteiger partial charge in [0, 0.05) is 16.8 Å². The van der Waals surface area contributed by atoms with Crippen LogP contribution in [-0.2, 0) is 11.3 Å². The number of carbonyl (C=O) groups excluding carboxylic acids is 1. The van der Waals surface area contributed by atoms with Crippen molar-refractivity contribution in [1.82, 2.24) is 0 Å². The number of amides is 1. The van der Waals surface area contributed by atoms with Gasteiger partial charge in [-0.15, -0.1) is 0 Å². The van der Waals surface area contributed by atoms with E-state index in [4.69, 9.17) is 4.74 Å². The molecule has 0 spiro atoms. The lowest BCUT2D eigenvalue weighted by Gasteiger charge is -2.22. The Morgan fingerprint density at radius 1 is 0.957 bits per heavy atom. The monoisotopic (exact) mass is 309 g/mol. The van der Waals surface area contributed by atoms with Gasteiger partial charge in [0.25, 0.3) is 5.91 Å². The van der Waals surface area contributed by atoms with Gasteiger partial charge in [0.2, 0.25) is 0 Å². The average molecular weight is 309 g/mol. The van der Waals surface area contributed by atoms with Crippen LogP contribution in [0.1, 0.15) is 48.0 Å². The normalized spacial score (nSPS) is 15.3. The number of hydrogen-bond donors (Lipinski definition) is 1. The van der Waals surface area contributed by atoms with E-state index in [1.54, 1.807) is 0 Å². The van der Waals surface area contributed by atoms with Crippen LogP contribution >= 0.6 is 0 Å². The van der Waals surface area contributed by atoms with Crippen molar-refractivity contribution in [3.8, 4) is 0 Å². The second-order valence-electron chi connectivity index (χ2n) is 6.05. The third kappa shape index (κ3) is 4.42. The molecular weight excluding hydrogens is 286 g/mol. The Hall–Kier alpha value is -2.13. The van der Waals surface area contributed by atoms with E-state index in [9.17, 15) is 4.79 Å². The fourth-order valence-corrected chi connectivity index (χ4v) is 2.99. The standard InChI is InChI=1S/C20H23NO2/c22-20(16-9-3-1-4-10-16)21-19-14-8-7-11-17(19)15-23-18-12-5-2-6-13-18/h1,3-4,7-11,14,18H,2,5-6,12-13,15H2,(H,21,22). The van der Waals surface area contributed by atoms with Crippen molar-refractivity contribution >= 4 is 11.6 Å². The van der Waals surface area contributed by atoms with Gasteiger partial charge in [0.1, 0.15) is 0 Å². The van der Waals surface area contributed by atoms with E-state index >= 15 is 0 Å². The van der Waals surface area contributed by atoms with Crippen LogP contribution in [0.3, 0.4) is 0 Å². The molecule has 0 heterocycles. The molecule has 0 bridgehead atoms. The molecule has 0 aromatic heterocycles. The third-order valence-electron chi connectivity index (χ3n) is 4.33. The first-order valence-electron chi connectivity index (χ1n) is 8.39. The summed E-state index contributed by atoms with van der Waals surface area (Å²) in [4.78, 5) is 12.3. The molecule has 120 valence electrons. The average Bonchev–Trinajstić information content (AvgIpc) is 2.62. The SMILES string of the molecule is O=C(Nc1ccccc1COC1CCCCC1)c1ccccc1. The number of nitrogens with one attached hydrogen (secondary N) is 1. The largest absolute Gasteiger partial charge is 0.373 e. The molecule has 2 aromatic rings.